The van der Waals surface area contributed by atoms with Crippen LogP contribution in [0.2, 0.25) is 0 Å². The average Bonchev–Trinajstić information content (AvgIpc) is 2.54. The molecule has 0 aliphatic heterocycles. The molecule has 1 unspecified atom stereocenters. The van der Waals surface area contributed by atoms with Crippen LogP contribution in [-0.4, -0.2) is 14.5 Å². The quantitative estimate of drug-likeness (QED) is 0.841. The van der Waals surface area contributed by atoms with Gasteiger partial charge >= 0.3 is 0 Å². The minimum absolute atomic E-state index is 0.0991. The Bertz CT molecular complexity index is 557. The number of sulfonamides is 1. The normalized spacial score (nSPS) is 24.1. The van der Waals surface area contributed by atoms with Crippen LogP contribution >= 0.6 is 0 Å². The van der Waals surface area contributed by atoms with Gasteiger partial charge in [0, 0.05) is 6.04 Å². The van der Waals surface area contributed by atoms with Crippen molar-refractivity contribution in [3.63, 3.8) is 0 Å². The summed E-state index contributed by atoms with van der Waals surface area (Å²) < 4.78 is 27.9. The number of benzene rings is 1. The van der Waals surface area contributed by atoms with Gasteiger partial charge in [-0.1, -0.05) is 39.3 Å². The minimum Gasteiger partial charge on any atom is -0.208 e. The van der Waals surface area contributed by atoms with Crippen molar-refractivity contribution in [2.45, 2.75) is 76.2 Å². The van der Waals surface area contributed by atoms with Gasteiger partial charge in [-0.05, 0) is 61.6 Å². The van der Waals surface area contributed by atoms with Crippen LogP contribution in [0.15, 0.2) is 29.2 Å². The van der Waals surface area contributed by atoms with Crippen LogP contribution in [0.3, 0.4) is 0 Å². The Labute approximate surface area is 135 Å². The largest absolute Gasteiger partial charge is 0.240 e. The van der Waals surface area contributed by atoms with E-state index in [9.17, 15) is 8.42 Å². The molecule has 0 aromatic heterocycles. The Morgan fingerprint density at radius 1 is 1.09 bits per heavy atom. The lowest BCUT2D eigenvalue weighted by Gasteiger charge is -2.28. The van der Waals surface area contributed by atoms with Crippen molar-refractivity contribution in [2.75, 3.05) is 0 Å². The van der Waals surface area contributed by atoms with Gasteiger partial charge in [-0.2, -0.15) is 0 Å². The lowest BCUT2D eigenvalue weighted by molar-refractivity contribution is 0.306. The second-order valence-electron chi connectivity index (χ2n) is 6.63. The van der Waals surface area contributed by atoms with E-state index in [0.717, 1.165) is 38.0 Å². The molecular weight excluding hydrogens is 294 g/mol. The Morgan fingerprint density at radius 2 is 1.68 bits per heavy atom. The van der Waals surface area contributed by atoms with Crippen molar-refractivity contribution < 1.29 is 8.42 Å². The highest BCUT2D eigenvalue weighted by Gasteiger charge is 2.25. The molecule has 0 radical (unpaired) electrons. The summed E-state index contributed by atoms with van der Waals surface area (Å²) in [5, 5.41) is 0. The smallest absolute Gasteiger partial charge is 0.208 e. The first-order valence-electron chi connectivity index (χ1n) is 8.58. The van der Waals surface area contributed by atoms with Crippen LogP contribution in [0.25, 0.3) is 0 Å². The first kappa shape index (κ1) is 17.5. The summed E-state index contributed by atoms with van der Waals surface area (Å²) in [5.41, 5.74) is 1.20. The first-order valence-corrected chi connectivity index (χ1v) is 10.1. The van der Waals surface area contributed by atoms with Gasteiger partial charge in [-0.3, -0.25) is 0 Å². The Hall–Kier alpha value is -0.870. The van der Waals surface area contributed by atoms with E-state index >= 15 is 0 Å². The predicted molar refractivity (Wildman–Crippen MR) is 91.5 cm³/mol. The molecule has 1 aromatic rings. The fraction of sp³-hybridized carbons (Fsp3) is 0.667. The lowest BCUT2D eigenvalue weighted by atomic mass is 9.85. The van der Waals surface area contributed by atoms with Gasteiger partial charge in [0.1, 0.15) is 0 Å². The van der Waals surface area contributed by atoms with Gasteiger partial charge < -0.3 is 0 Å². The third-order valence-corrected chi connectivity index (χ3v) is 6.65. The van der Waals surface area contributed by atoms with E-state index < -0.39 is 10.0 Å². The molecule has 1 N–H and O–H groups in total. The molecule has 0 spiro atoms. The van der Waals surface area contributed by atoms with E-state index in [4.69, 9.17) is 0 Å². The molecule has 1 aromatic carbocycles. The molecule has 1 fully saturated rings. The summed E-state index contributed by atoms with van der Waals surface area (Å²) in [6.07, 6.45) is 6.46. The summed E-state index contributed by atoms with van der Waals surface area (Å²) in [6, 6.07) is 7.46. The van der Waals surface area contributed by atoms with Crippen LogP contribution in [0.4, 0.5) is 0 Å². The average molecular weight is 324 g/mol. The van der Waals surface area contributed by atoms with Crippen molar-refractivity contribution in [1.82, 2.24) is 4.72 Å². The molecule has 1 saturated carbocycles. The Kier molecular flexibility index (Phi) is 6.04. The number of nitrogens with one attached hydrogen (secondary N) is 1. The monoisotopic (exact) mass is 323 g/mol. The van der Waals surface area contributed by atoms with Crippen LogP contribution in [0.5, 0.6) is 0 Å². The van der Waals surface area contributed by atoms with Gasteiger partial charge in [0.25, 0.3) is 0 Å². The maximum absolute atomic E-state index is 12.5. The first-order chi connectivity index (χ1) is 10.5. The maximum Gasteiger partial charge on any atom is 0.240 e. The van der Waals surface area contributed by atoms with Gasteiger partial charge in [0.05, 0.1) is 4.90 Å². The van der Waals surface area contributed by atoms with Crippen molar-refractivity contribution in [1.29, 1.82) is 0 Å². The number of hydrogen-bond donors (Lipinski definition) is 1. The van der Waals surface area contributed by atoms with Gasteiger partial charge in [0.2, 0.25) is 10.0 Å². The highest BCUT2D eigenvalue weighted by Crippen LogP contribution is 2.27. The summed E-state index contributed by atoms with van der Waals surface area (Å²) in [7, 11) is -3.38. The Balaban J connectivity index is 2.01. The zero-order chi connectivity index (χ0) is 16.2. The van der Waals surface area contributed by atoms with Crippen LogP contribution in [-0.2, 0) is 10.0 Å². The summed E-state index contributed by atoms with van der Waals surface area (Å²) in [4.78, 5) is 0.386. The molecule has 0 amide bonds. The third kappa shape index (κ3) is 4.32. The molecule has 4 heteroatoms. The minimum atomic E-state index is -3.38. The van der Waals surface area contributed by atoms with Crippen molar-refractivity contribution in [3.8, 4) is 0 Å². The van der Waals surface area contributed by atoms with E-state index in [2.05, 4.69) is 25.5 Å². The van der Waals surface area contributed by atoms with Crippen molar-refractivity contribution in [2.24, 2.45) is 5.92 Å². The fourth-order valence-corrected chi connectivity index (χ4v) is 4.49. The zero-order valence-electron chi connectivity index (χ0n) is 14.0. The molecule has 22 heavy (non-hydrogen) atoms. The second-order valence-corrected chi connectivity index (χ2v) is 8.34. The molecular formula is C18H29NO2S. The second kappa shape index (κ2) is 7.60. The molecule has 0 heterocycles. The third-order valence-electron chi connectivity index (χ3n) is 5.12. The molecule has 1 aliphatic carbocycles. The van der Waals surface area contributed by atoms with E-state index in [1.165, 1.54) is 12.0 Å². The van der Waals surface area contributed by atoms with Gasteiger partial charge in [-0.25, -0.2) is 13.1 Å². The summed E-state index contributed by atoms with van der Waals surface area (Å²) in [6.45, 7) is 6.52. The highest BCUT2D eigenvalue weighted by atomic mass is 32.2. The van der Waals surface area contributed by atoms with Crippen LogP contribution < -0.4 is 4.72 Å². The van der Waals surface area contributed by atoms with Crippen molar-refractivity contribution >= 4 is 10.0 Å². The van der Waals surface area contributed by atoms with Gasteiger partial charge in [0.15, 0.2) is 0 Å². The van der Waals surface area contributed by atoms with E-state index in [1.54, 1.807) is 12.1 Å². The van der Waals surface area contributed by atoms with Crippen molar-refractivity contribution in [3.05, 3.63) is 29.8 Å². The van der Waals surface area contributed by atoms with Gasteiger partial charge in [-0.15, -0.1) is 0 Å². The molecule has 2 rings (SSSR count). The molecule has 0 saturated heterocycles. The van der Waals surface area contributed by atoms with E-state index in [0.29, 0.717) is 10.8 Å². The number of hydrogen-bond acceptors (Lipinski definition) is 2. The molecule has 3 nitrogen and oxygen atoms in total. The lowest BCUT2D eigenvalue weighted by Crippen LogP contribution is -2.37. The maximum atomic E-state index is 12.5. The van der Waals surface area contributed by atoms with E-state index in [-0.39, 0.29) is 6.04 Å². The highest BCUT2D eigenvalue weighted by molar-refractivity contribution is 7.89. The topological polar surface area (TPSA) is 46.2 Å². The van der Waals surface area contributed by atoms with E-state index in [1.807, 2.05) is 12.1 Å². The summed E-state index contributed by atoms with van der Waals surface area (Å²) in [5.74, 6) is 1.24. The standard InChI is InChI=1S/C18H29NO2S/c1-4-14(3)16-8-12-18(13-9-16)22(20,21)19-17-10-6-15(5-2)7-11-17/h8-9,12-15,17,19H,4-7,10-11H2,1-3H3. The molecule has 1 atom stereocenters. The Morgan fingerprint density at radius 3 is 2.18 bits per heavy atom. The predicted octanol–water partition coefficient (Wildman–Crippen LogP) is 4.45. The molecule has 124 valence electrons. The molecule has 0 bridgehead atoms. The van der Waals surface area contributed by atoms with Crippen LogP contribution in [0.1, 0.15) is 70.8 Å². The SMILES string of the molecule is CCC1CCC(NS(=O)(=O)c2ccc(C(C)CC)cc2)CC1. The van der Waals surface area contributed by atoms with Crippen LogP contribution in [0, 0.1) is 5.92 Å². The molecule has 1 aliphatic rings. The number of rotatable bonds is 6. The fourth-order valence-electron chi connectivity index (χ4n) is 3.19. The summed E-state index contributed by atoms with van der Waals surface area (Å²) >= 11 is 0. The zero-order valence-corrected chi connectivity index (χ0v) is 14.8.